The van der Waals surface area contributed by atoms with Crippen LogP contribution in [0.15, 0.2) is 62.2 Å². The number of halogens is 1. The van der Waals surface area contributed by atoms with Crippen molar-refractivity contribution in [3.8, 4) is 0 Å². The Kier molecular flexibility index (Phi) is 6.06. The molecule has 6 heteroatoms. The maximum Gasteiger partial charge on any atom is 0.290 e. The second kappa shape index (κ2) is 8.74. The van der Waals surface area contributed by atoms with Crippen molar-refractivity contribution in [2.45, 2.75) is 26.3 Å². The molecular formula is C24H25BrN2O3. The molecule has 2 aromatic carbocycles. The number of carbonyl (C=O) groups excluding carboxylic acids is 1. The number of hydrogen-bond acceptors (Lipinski definition) is 4. The zero-order chi connectivity index (χ0) is 21.3. The first-order valence-corrected chi connectivity index (χ1v) is 11.2. The van der Waals surface area contributed by atoms with E-state index in [0.29, 0.717) is 23.1 Å². The predicted molar refractivity (Wildman–Crippen MR) is 122 cm³/mol. The van der Waals surface area contributed by atoms with E-state index in [9.17, 15) is 9.59 Å². The smallest absolute Gasteiger partial charge is 0.290 e. The molecular weight excluding hydrogens is 444 g/mol. The van der Waals surface area contributed by atoms with Gasteiger partial charge in [-0.05, 0) is 55.9 Å². The summed E-state index contributed by atoms with van der Waals surface area (Å²) in [6.45, 7) is 7.70. The van der Waals surface area contributed by atoms with E-state index in [1.807, 2.05) is 36.4 Å². The molecule has 5 nitrogen and oxygen atoms in total. The molecule has 1 aliphatic heterocycles. The van der Waals surface area contributed by atoms with Gasteiger partial charge in [-0.15, -0.1) is 0 Å². The second-order valence-corrected chi connectivity index (χ2v) is 8.42. The topological polar surface area (TPSA) is 53.8 Å². The van der Waals surface area contributed by atoms with Crippen molar-refractivity contribution >= 4 is 32.8 Å². The molecule has 2 heterocycles. The highest BCUT2D eigenvalue weighted by atomic mass is 79.9. The Labute approximate surface area is 184 Å². The van der Waals surface area contributed by atoms with E-state index in [1.165, 1.54) is 0 Å². The summed E-state index contributed by atoms with van der Waals surface area (Å²) in [5.74, 6) is -0.0326. The molecule has 0 spiro atoms. The fraction of sp³-hybridized carbons (Fsp3) is 0.333. The molecule has 30 heavy (non-hydrogen) atoms. The molecule has 3 aromatic rings. The molecule has 1 aliphatic rings. The Morgan fingerprint density at radius 2 is 1.73 bits per heavy atom. The van der Waals surface area contributed by atoms with Crippen LogP contribution in [-0.4, -0.2) is 41.9 Å². The fourth-order valence-electron chi connectivity index (χ4n) is 4.19. The molecule has 0 fully saturated rings. The van der Waals surface area contributed by atoms with E-state index in [2.05, 4.69) is 34.7 Å². The second-order valence-electron chi connectivity index (χ2n) is 7.50. The summed E-state index contributed by atoms with van der Waals surface area (Å²) in [6, 6.07) is 14.5. The zero-order valence-corrected chi connectivity index (χ0v) is 18.8. The molecule has 4 rings (SSSR count). The van der Waals surface area contributed by atoms with E-state index in [4.69, 9.17) is 4.42 Å². The minimum absolute atomic E-state index is 0.126. The van der Waals surface area contributed by atoms with Crippen molar-refractivity contribution in [3.05, 3.63) is 80.1 Å². The van der Waals surface area contributed by atoms with Crippen molar-refractivity contribution in [2.75, 3.05) is 26.2 Å². The van der Waals surface area contributed by atoms with Gasteiger partial charge in [-0.25, -0.2) is 0 Å². The van der Waals surface area contributed by atoms with Crippen LogP contribution < -0.4 is 5.43 Å². The molecule has 0 bridgehead atoms. The maximum absolute atomic E-state index is 13.4. The van der Waals surface area contributed by atoms with Crippen LogP contribution in [0.2, 0.25) is 0 Å². The third kappa shape index (κ3) is 3.70. The first-order valence-electron chi connectivity index (χ1n) is 10.4. The molecule has 156 valence electrons. The normalized spacial score (nSPS) is 15.9. The number of hydrogen-bond donors (Lipinski definition) is 0. The molecule has 0 saturated heterocycles. The molecule has 0 saturated carbocycles. The van der Waals surface area contributed by atoms with Gasteiger partial charge in [-0.1, -0.05) is 54.0 Å². The van der Waals surface area contributed by atoms with Crippen LogP contribution in [0.1, 0.15) is 48.0 Å². The lowest BCUT2D eigenvalue weighted by molar-refractivity contribution is 0.0720. The summed E-state index contributed by atoms with van der Waals surface area (Å²) in [7, 11) is 0. The van der Waals surface area contributed by atoms with Gasteiger partial charge >= 0.3 is 0 Å². The molecule has 0 N–H and O–H groups in total. The van der Waals surface area contributed by atoms with Crippen LogP contribution in [0.3, 0.4) is 0 Å². The molecule has 1 unspecified atom stereocenters. The summed E-state index contributed by atoms with van der Waals surface area (Å²) < 4.78 is 6.92. The van der Waals surface area contributed by atoms with Crippen LogP contribution in [0.4, 0.5) is 0 Å². The molecule has 0 aliphatic carbocycles. The predicted octanol–water partition coefficient (Wildman–Crippen LogP) is 4.83. The van der Waals surface area contributed by atoms with Gasteiger partial charge in [0.05, 0.1) is 17.0 Å². The van der Waals surface area contributed by atoms with Gasteiger partial charge in [0.25, 0.3) is 5.91 Å². The van der Waals surface area contributed by atoms with Crippen molar-refractivity contribution in [1.82, 2.24) is 9.80 Å². The third-order valence-corrected chi connectivity index (χ3v) is 6.36. The molecule has 1 amide bonds. The molecule has 1 atom stereocenters. The quantitative estimate of drug-likeness (QED) is 0.498. The lowest BCUT2D eigenvalue weighted by atomic mass is 9.98. The SMILES string of the molecule is CCN(CC)CCCN1C(=O)c2oc3ccccc3c(=O)c2C1c1ccc(Br)cc1. The monoisotopic (exact) mass is 468 g/mol. The Hall–Kier alpha value is -2.44. The van der Waals surface area contributed by atoms with E-state index in [0.717, 1.165) is 36.1 Å². The van der Waals surface area contributed by atoms with Gasteiger partial charge in [-0.3, -0.25) is 9.59 Å². The first kappa shape index (κ1) is 20.8. The van der Waals surface area contributed by atoms with E-state index in [1.54, 1.807) is 17.0 Å². The van der Waals surface area contributed by atoms with E-state index in [-0.39, 0.29) is 17.1 Å². The third-order valence-electron chi connectivity index (χ3n) is 5.83. The van der Waals surface area contributed by atoms with Gasteiger partial charge in [0, 0.05) is 11.0 Å². The van der Waals surface area contributed by atoms with E-state index >= 15 is 0 Å². The average molecular weight is 469 g/mol. The zero-order valence-electron chi connectivity index (χ0n) is 17.2. The number of amides is 1. The number of benzene rings is 2. The van der Waals surface area contributed by atoms with Gasteiger partial charge in [0.15, 0.2) is 5.43 Å². The summed E-state index contributed by atoms with van der Waals surface area (Å²) in [5.41, 5.74) is 1.69. The molecule has 0 radical (unpaired) electrons. The number of carbonyl (C=O) groups is 1. The van der Waals surface area contributed by atoms with Crippen molar-refractivity contribution in [1.29, 1.82) is 0 Å². The van der Waals surface area contributed by atoms with Crippen molar-refractivity contribution in [3.63, 3.8) is 0 Å². The number of rotatable bonds is 7. The van der Waals surface area contributed by atoms with Gasteiger partial charge in [0.2, 0.25) is 5.76 Å². The number of nitrogens with zero attached hydrogens (tertiary/aromatic N) is 2. The average Bonchev–Trinajstić information content (AvgIpc) is 3.04. The maximum atomic E-state index is 13.4. The Bertz CT molecular complexity index is 1120. The minimum atomic E-state index is -0.432. The van der Waals surface area contributed by atoms with Gasteiger partial charge in [-0.2, -0.15) is 0 Å². The summed E-state index contributed by atoms with van der Waals surface area (Å²) in [4.78, 5) is 30.8. The highest BCUT2D eigenvalue weighted by Crippen LogP contribution is 2.38. The van der Waals surface area contributed by atoms with Gasteiger partial charge in [0.1, 0.15) is 5.58 Å². The minimum Gasteiger partial charge on any atom is -0.450 e. The van der Waals surface area contributed by atoms with Gasteiger partial charge < -0.3 is 14.2 Å². The Morgan fingerprint density at radius 1 is 1.03 bits per heavy atom. The lowest BCUT2D eigenvalue weighted by Gasteiger charge is -2.26. The van der Waals surface area contributed by atoms with Crippen LogP contribution in [-0.2, 0) is 0 Å². The van der Waals surface area contributed by atoms with Crippen LogP contribution in [0.5, 0.6) is 0 Å². The molecule has 1 aromatic heterocycles. The highest BCUT2D eigenvalue weighted by molar-refractivity contribution is 9.10. The van der Waals surface area contributed by atoms with Crippen LogP contribution in [0.25, 0.3) is 11.0 Å². The van der Waals surface area contributed by atoms with Crippen molar-refractivity contribution in [2.24, 2.45) is 0 Å². The first-order chi connectivity index (χ1) is 14.5. The fourth-order valence-corrected chi connectivity index (χ4v) is 4.46. The summed E-state index contributed by atoms with van der Waals surface area (Å²) in [6.07, 6.45) is 0.835. The van der Waals surface area contributed by atoms with E-state index < -0.39 is 6.04 Å². The van der Waals surface area contributed by atoms with Crippen LogP contribution >= 0.6 is 15.9 Å². The largest absolute Gasteiger partial charge is 0.450 e. The highest BCUT2D eigenvalue weighted by Gasteiger charge is 2.42. The summed E-state index contributed by atoms with van der Waals surface area (Å²) >= 11 is 3.47. The summed E-state index contributed by atoms with van der Waals surface area (Å²) in [5, 5.41) is 0.510. The van der Waals surface area contributed by atoms with Crippen molar-refractivity contribution < 1.29 is 9.21 Å². The lowest BCUT2D eigenvalue weighted by Crippen LogP contribution is -2.33. The Balaban J connectivity index is 1.78. The number of para-hydroxylation sites is 1. The number of fused-ring (bicyclic) bond motifs is 2. The standard InChI is InChI=1S/C24H25BrN2O3/c1-3-26(4-2)14-7-15-27-21(16-10-12-17(25)13-11-16)20-22(28)18-8-5-6-9-19(18)30-23(20)24(27)29/h5-6,8-13,21H,3-4,7,14-15H2,1-2H3. The van der Waals surface area contributed by atoms with Crippen LogP contribution in [0, 0.1) is 0 Å². The Morgan fingerprint density at radius 3 is 2.43 bits per heavy atom.